The lowest BCUT2D eigenvalue weighted by atomic mass is 9.88. The summed E-state index contributed by atoms with van der Waals surface area (Å²) in [6.45, 7) is 4.46. The second-order valence-electron chi connectivity index (χ2n) is 6.89. The molecule has 0 radical (unpaired) electrons. The van der Waals surface area contributed by atoms with Crippen LogP contribution in [0.2, 0.25) is 0 Å². The van der Waals surface area contributed by atoms with Gasteiger partial charge in [-0.1, -0.05) is 19.8 Å². The molecule has 3 N–H and O–H groups in total. The summed E-state index contributed by atoms with van der Waals surface area (Å²) in [6.07, 6.45) is 8.16. The molecule has 0 aromatic carbocycles. The van der Waals surface area contributed by atoms with Crippen molar-refractivity contribution in [2.24, 2.45) is 11.3 Å². The van der Waals surface area contributed by atoms with Gasteiger partial charge in [-0.2, -0.15) is 0 Å². The Labute approximate surface area is 122 Å². The SMILES string of the molecule is CC1CCCCC1OCC(O)CNCC1(CCO)CC1. The maximum Gasteiger partial charge on any atom is 0.0897 e. The van der Waals surface area contributed by atoms with E-state index >= 15 is 0 Å². The maximum atomic E-state index is 9.98. The van der Waals surface area contributed by atoms with E-state index in [4.69, 9.17) is 9.84 Å². The molecule has 2 fully saturated rings. The van der Waals surface area contributed by atoms with Crippen molar-refractivity contribution in [2.45, 2.75) is 64.1 Å². The highest BCUT2D eigenvalue weighted by atomic mass is 16.5. The Balaban J connectivity index is 1.55. The lowest BCUT2D eigenvalue weighted by Gasteiger charge is -2.29. The van der Waals surface area contributed by atoms with Crippen LogP contribution in [0.5, 0.6) is 0 Å². The number of aliphatic hydroxyl groups is 2. The third-order valence-electron chi connectivity index (χ3n) is 5.01. The molecule has 0 amide bonds. The lowest BCUT2D eigenvalue weighted by molar-refractivity contribution is -0.0453. The maximum absolute atomic E-state index is 9.98. The highest BCUT2D eigenvalue weighted by Crippen LogP contribution is 2.47. The largest absolute Gasteiger partial charge is 0.396 e. The van der Waals surface area contributed by atoms with Crippen LogP contribution >= 0.6 is 0 Å². The van der Waals surface area contributed by atoms with Crippen molar-refractivity contribution >= 4 is 0 Å². The van der Waals surface area contributed by atoms with Gasteiger partial charge >= 0.3 is 0 Å². The Morgan fingerprint density at radius 3 is 2.70 bits per heavy atom. The van der Waals surface area contributed by atoms with E-state index in [1.165, 1.54) is 32.1 Å². The number of hydrogen-bond donors (Lipinski definition) is 3. The van der Waals surface area contributed by atoms with Crippen LogP contribution in [0.15, 0.2) is 0 Å². The summed E-state index contributed by atoms with van der Waals surface area (Å²) in [5.41, 5.74) is 0.313. The second kappa shape index (κ2) is 7.74. The van der Waals surface area contributed by atoms with E-state index in [0.29, 0.717) is 30.6 Å². The van der Waals surface area contributed by atoms with Crippen LogP contribution in [0.1, 0.15) is 51.9 Å². The van der Waals surface area contributed by atoms with E-state index in [9.17, 15) is 5.11 Å². The Kier molecular flexibility index (Phi) is 6.27. The topological polar surface area (TPSA) is 61.7 Å². The monoisotopic (exact) mass is 285 g/mol. The number of ether oxygens (including phenoxy) is 1. The van der Waals surface area contributed by atoms with E-state index in [2.05, 4.69) is 12.2 Å². The van der Waals surface area contributed by atoms with Crippen molar-refractivity contribution in [3.05, 3.63) is 0 Å². The van der Waals surface area contributed by atoms with Crippen molar-refractivity contribution < 1.29 is 14.9 Å². The zero-order valence-corrected chi connectivity index (χ0v) is 12.8. The first-order chi connectivity index (χ1) is 9.65. The van der Waals surface area contributed by atoms with Gasteiger partial charge in [0.15, 0.2) is 0 Å². The van der Waals surface area contributed by atoms with Crippen molar-refractivity contribution in [1.29, 1.82) is 0 Å². The lowest BCUT2D eigenvalue weighted by Crippen LogP contribution is -2.36. The minimum absolute atomic E-state index is 0.271. The zero-order chi connectivity index (χ0) is 14.4. The minimum atomic E-state index is -0.422. The first-order valence-electron chi connectivity index (χ1n) is 8.26. The number of rotatable bonds is 9. The number of hydrogen-bond acceptors (Lipinski definition) is 4. The van der Waals surface area contributed by atoms with Gasteiger partial charge in [-0.05, 0) is 43.4 Å². The van der Waals surface area contributed by atoms with Gasteiger partial charge in [0.2, 0.25) is 0 Å². The average Bonchev–Trinajstić information content (AvgIpc) is 3.18. The summed E-state index contributed by atoms with van der Waals surface area (Å²) >= 11 is 0. The minimum Gasteiger partial charge on any atom is -0.396 e. The van der Waals surface area contributed by atoms with E-state index in [-0.39, 0.29) is 6.61 Å². The molecular formula is C16H31NO3. The fourth-order valence-corrected chi connectivity index (χ4v) is 3.26. The molecular weight excluding hydrogens is 254 g/mol. The molecule has 0 spiro atoms. The molecule has 0 aromatic rings. The van der Waals surface area contributed by atoms with Gasteiger partial charge in [-0.3, -0.25) is 0 Å². The Morgan fingerprint density at radius 1 is 1.30 bits per heavy atom. The quantitative estimate of drug-likeness (QED) is 0.603. The average molecular weight is 285 g/mol. The van der Waals surface area contributed by atoms with Crippen molar-refractivity contribution in [2.75, 3.05) is 26.3 Å². The fraction of sp³-hybridized carbons (Fsp3) is 1.00. The molecule has 4 nitrogen and oxygen atoms in total. The van der Waals surface area contributed by atoms with E-state index < -0.39 is 6.10 Å². The second-order valence-corrected chi connectivity index (χ2v) is 6.89. The molecule has 0 heterocycles. The van der Waals surface area contributed by atoms with Crippen LogP contribution in [0.25, 0.3) is 0 Å². The van der Waals surface area contributed by atoms with Crippen molar-refractivity contribution in [3.63, 3.8) is 0 Å². The predicted octanol–water partition coefficient (Wildman–Crippen LogP) is 1.69. The zero-order valence-electron chi connectivity index (χ0n) is 12.8. The van der Waals surface area contributed by atoms with Gasteiger partial charge < -0.3 is 20.3 Å². The predicted molar refractivity (Wildman–Crippen MR) is 79.6 cm³/mol. The van der Waals surface area contributed by atoms with Crippen LogP contribution < -0.4 is 5.32 Å². The normalized spacial score (nSPS) is 30.1. The van der Waals surface area contributed by atoms with Crippen LogP contribution in [-0.4, -0.2) is 48.7 Å². The molecule has 0 aromatic heterocycles. The van der Waals surface area contributed by atoms with Gasteiger partial charge in [-0.15, -0.1) is 0 Å². The Hall–Kier alpha value is -0.160. The van der Waals surface area contributed by atoms with Crippen molar-refractivity contribution in [1.82, 2.24) is 5.32 Å². The van der Waals surface area contributed by atoms with Crippen LogP contribution in [0.3, 0.4) is 0 Å². The molecule has 0 saturated heterocycles. The Morgan fingerprint density at radius 2 is 2.05 bits per heavy atom. The molecule has 2 aliphatic rings. The molecule has 2 saturated carbocycles. The van der Waals surface area contributed by atoms with Crippen LogP contribution in [-0.2, 0) is 4.74 Å². The Bertz CT molecular complexity index is 281. The van der Waals surface area contributed by atoms with Crippen LogP contribution in [0.4, 0.5) is 0 Å². The molecule has 3 unspecified atom stereocenters. The summed E-state index contributed by atoms with van der Waals surface area (Å²) in [5, 5.41) is 22.3. The third-order valence-corrected chi connectivity index (χ3v) is 5.01. The number of nitrogens with one attached hydrogen (secondary N) is 1. The van der Waals surface area contributed by atoms with Gasteiger partial charge in [0.1, 0.15) is 0 Å². The first-order valence-corrected chi connectivity index (χ1v) is 8.26. The highest BCUT2D eigenvalue weighted by Gasteiger charge is 2.41. The summed E-state index contributed by atoms with van der Waals surface area (Å²) < 4.78 is 5.87. The van der Waals surface area contributed by atoms with E-state index in [1.807, 2.05) is 0 Å². The molecule has 3 atom stereocenters. The summed E-state index contributed by atoms with van der Waals surface area (Å²) in [7, 11) is 0. The van der Waals surface area contributed by atoms with Gasteiger partial charge in [0.25, 0.3) is 0 Å². The summed E-state index contributed by atoms with van der Waals surface area (Å²) in [5.74, 6) is 0.628. The molecule has 2 aliphatic carbocycles. The third kappa shape index (κ3) is 4.99. The smallest absolute Gasteiger partial charge is 0.0897 e. The molecule has 4 heteroatoms. The summed E-state index contributed by atoms with van der Waals surface area (Å²) in [4.78, 5) is 0. The molecule has 0 bridgehead atoms. The molecule has 0 aliphatic heterocycles. The molecule has 118 valence electrons. The van der Waals surface area contributed by atoms with E-state index in [1.54, 1.807) is 0 Å². The van der Waals surface area contributed by atoms with Crippen molar-refractivity contribution in [3.8, 4) is 0 Å². The van der Waals surface area contributed by atoms with E-state index in [0.717, 1.165) is 19.4 Å². The highest BCUT2D eigenvalue weighted by molar-refractivity contribution is 4.94. The van der Waals surface area contributed by atoms with Crippen LogP contribution in [0, 0.1) is 11.3 Å². The first kappa shape index (κ1) is 16.2. The van der Waals surface area contributed by atoms with Gasteiger partial charge in [-0.25, -0.2) is 0 Å². The number of aliphatic hydroxyl groups excluding tert-OH is 2. The fourth-order valence-electron chi connectivity index (χ4n) is 3.26. The standard InChI is InChI=1S/C16H31NO3/c1-13-4-2-3-5-15(13)20-11-14(19)10-17-12-16(6-7-16)8-9-18/h13-15,17-19H,2-12H2,1H3. The van der Waals surface area contributed by atoms with Gasteiger partial charge in [0.05, 0.1) is 18.8 Å². The summed E-state index contributed by atoms with van der Waals surface area (Å²) in [6, 6.07) is 0. The molecule has 20 heavy (non-hydrogen) atoms. The van der Waals surface area contributed by atoms with Gasteiger partial charge in [0, 0.05) is 19.7 Å². The molecule has 2 rings (SSSR count).